The van der Waals surface area contributed by atoms with Crippen LogP contribution >= 0.6 is 0 Å². The van der Waals surface area contributed by atoms with Crippen molar-refractivity contribution in [3.63, 3.8) is 0 Å². The Bertz CT molecular complexity index is 416. The highest BCUT2D eigenvalue weighted by molar-refractivity contribution is 5.44. The van der Waals surface area contributed by atoms with Crippen molar-refractivity contribution in [2.24, 2.45) is 11.8 Å². The largest absolute Gasteiger partial charge is 0.385 e. The summed E-state index contributed by atoms with van der Waals surface area (Å²) in [4.78, 5) is 0. The average Bonchev–Trinajstić information content (AvgIpc) is 2.41. The number of aryl methyl sites for hydroxylation is 1. The Morgan fingerprint density at radius 1 is 1.21 bits per heavy atom. The molecule has 0 spiro atoms. The first-order chi connectivity index (χ1) is 9.15. The molecule has 1 aromatic carbocycles. The summed E-state index contributed by atoms with van der Waals surface area (Å²) in [7, 11) is 0. The molecule has 0 heterocycles. The molecule has 0 bridgehead atoms. The van der Waals surface area contributed by atoms with E-state index in [0.29, 0.717) is 0 Å². The smallest absolute Gasteiger partial charge is 0.0340 e. The molecule has 0 amide bonds. The van der Waals surface area contributed by atoms with Gasteiger partial charge in [-0.25, -0.2) is 0 Å². The molecule has 19 heavy (non-hydrogen) atoms. The second-order valence-corrected chi connectivity index (χ2v) is 6.14. The third-order valence-corrected chi connectivity index (χ3v) is 4.46. The topological polar surface area (TPSA) is 12.0 Å². The van der Waals surface area contributed by atoms with Crippen molar-refractivity contribution >= 4 is 5.69 Å². The van der Waals surface area contributed by atoms with Gasteiger partial charge >= 0.3 is 0 Å². The van der Waals surface area contributed by atoms with Crippen LogP contribution in [0.4, 0.5) is 5.69 Å². The number of hydrogen-bond donors (Lipinski definition) is 1. The first kappa shape index (κ1) is 14.2. The second-order valence-electron chi connectivity index (χ2n) is 6.14. The van der Waals surface area contributed by atoms with Crippen molar-refractivity contribution in [3.05, 3.63) is 41.5 Å². The van der Waals surface area contributed by atoms with E-state index in [9.17, 15) is 0 Å². The Kier molecular flexibility index (Phi) is 5.07. The molecule has 0 saturated heterocycles. The Morgan fingerprint density at radius 2 is 1.95 bits per heavy atom. The predicted molar refractivity (Wildman–Crippen MR) is 84.5 cm³/mol. The monoisotopic (exact) mass is 257 g/mol. The van der Waals surface area contributed by atoms with E-state index in [1.165, 1.54) is 36.9 Å². The molecule has 1 unspecified atom stereocenters. The molecule has 1 N–H and O–H groups in total. The van der Waals surface area contributed by atoms with E-state index >= 15 is 0 Å². The Hall–Kier alpha value is -1.24. The van der Waals surface area contributed by atoms with Crippen LogP contribution in [-0.2, 0) is 0 Å². The number of nitrogens with one attached hydrogen (secondary N) is 1. The van der Waals surface area contributed by atoms with Gasteiger partial charge in [-0.05, 0) is 63.5 Å². The highest BCUT2D eigenvalue weighted by Crippen LogP contribution is 2.30. The van der Waals surface area contributed by atoms with Crippen LogP contribution in [0.2, 0.25) is 0 Å². The van der Waals surface area contributed by atoms with Crippen LogP contribution in [0.1, 0.15) is 45.1 Å². The fraction of sp³-hybridized carbons (Fsp3) is 0.556. The molecule has 1 nitrogen and oxygen atoms in total. The molecule has 2 rings (SSSR count). The number of benzene rings is 1. The fourth-order valence-electron chi connectivity index (χ4n) is 2.85. The molecule has 0 radical (unpaired) electrons. The van der Waals surface area contributed by atoms with Crippen molar-refractivity contribution in [1.82, 2.24) is 0 Å². The van der Waals surface area contributed by atoms with Crippen molar-refractivity contribution in [2.75, 3.05) is 11.9 Å². The van der Waals surface area contributed by atoms with Crippen LogP contribution in [-0.4, -0.2) is 6.54 Å². The summed E-state index contributed by atoms with van der Waals surface area (Å²) in [5.74, 6) is 1.71. The molecule has 1 heteroatoms. The third-order valence-electron chi connectivity index (χ3n) is 4.46. The van der Waals surface area contributed by atoms with E-state index < -0.39 is 0 Å². The minimum absolute atomic E-state index is 0.822. The summed E-state index contributed by atoms with van der Waals surface area (Å²) >= 11 is 0. The summed E-state index contributed by atoms with van der Waals surface area (Å²) in [6.45, 7) is 7.89. The van der Waals surface area contributed by atoms with Crippen LogP contribution in [0.25, 0.3) is 0 Å². The molecule has 1 aliphatic carbocycles. The van der Waals surface area contributed by atoms with Gasteiger partial charge in [-0.1, -0.05) is 36.3 Å². The van der Waals surface area contributed by atoms with E-state index in [0.717, 1.165) is 18.4 Å². The highest BCUT2D eigenvalue weighted by Gasteiger charge is 2.18. The van der Waals surface area contributed by atoms with Crippen LogP contribution in [0.3, 0.4) is 0 Å². The maximum atomic E-state index is 3.54. The normalized spacial score (nSPS) is 20.8. The van der Waals surface area contributed by atoms with E-state index in [4.69, 9.17) is 0 Å². The molecule has 0 aliphatic heterocycles. The van der Waals surface area contributed by atoms with E-state index in [1.807, 2.05) is 0 Å². The minimum atomic E-state index is 0.822. The van der Waals surface area contributed by atoms with Gasteiger partial charge in [-0.2, -0.15) is 0 Å². The van der Waals surface area contributed by atoms with Gasteiger partial charge in [0.15, 0.2) is 0 Å². The zero-order valence-corrected chi connectivity index (χ0v) is 12.6. The van der Waals surface area contributed by atoms with Crippen molar-refractivity contribution in [3.8, 4) is 0 Å². The Morgan fingerprint density at radius 3 is 2.58 bits per heavy atom. The zero-order chi connectivity index (χ0) is 13.7. The van der Waals surface area contributed by atoms with Gasteiger partial charge in [0.25, 0.3) is 0 Å². The number of anilines is 1. The lowest BCUT2D eigenvalue weighted by Gasteiger charge is -2.26. The molecule has 0 saturated carbocycles. The molecule has 1 aliphatic rings. The maximum Gasteiger partial charge on any atom is 0.0340 e. The third kappa shape index (κ3) is 4.41. The van der Waals surface area contributed by atoms with E-state index in [-0.39, 0.29) is 0 Å². The van der Waals surface area contributed by atoms with Gasteiger partial charge in [0, 0.05) is 12.2 Å². The molecular formula is C18H27N. The number of hydrogen-bond acceptors (Lipinski definition) is 1. The van der Waals surface area contributed by atoms with Crippen molar-refractivity contribution < 1.29 is 0 Å². The van der Waals surface area contributed by atoms with E-state index in [2.05, 4.69) is 56.4 Å². The number of rotatable bonds is 5. The molecular weight excluding hydrogens is 230 g/mol. The Balaban J connectivity index is 1.72. The zero-order valence-electron chi connectivity index (χ0n) is 12.6. The maximum absolute atomic E-state index is 3.54. The first-order valence-corrected chi connectivity index (χ1v) is 7.61. The van der Waals surface area contributed by atoms with Gasteiger partial charge in [0.1, 0.15) is 0 Å². The quantitative estimate of drug-likeness (QED) is 0.717. The van der Waals surface area contributed by atoms with Gasteiger partial charge in [-0.3, -0.25) is 0 Å². The van der Waals surface area contributed by atoms with Gasteiger partial charge in [0.2, 0.25) is 0 Å². The standard InChI is InChI=1S/C18H27N/c1-14-4-8-17(9-5-14)16(3)12-13-19-18-10-6-15(2)7-11-18/h4,6-7,10-11,16-17,19H,5,8-9,12-13H2,1-3H3/t16?,17-/m0/s1. The fourth-order valence-corrected chi connectivity index (χ4v) is 2.85. The molecule has 0 fully saturated rings. The second kappa shape index (κ2) is 6.79. The lowest BCUT2D eigenvalue weighted by molar-refractivity contribution is 0.316. The summed E-state index contributed by atoms with van der Waals surface area (Å²) in [6.07, 6.45) is 7.69. The summed E-state index contributed by atoms with van der Waals surface area (Å²) in [5, 5.41) is 3.54. The highest BCUT2D eigenvalue weighted by atomic mass is 14.9. The summed E-state index contributed by atoms with van der Waals surface area (Å²) in [6, 6.07) is 8.68. The van der Waals surface area contributed by atoms with Gasteiger partial charge in [-0.15, -0.1) is 0 Å². The van der Waals surface area contributed by atoms with E-state index in [1.54, 1.807) is 5.57 Å². The van der Waals surface area contributed by atoms with Crippen LogP contribution < -0.4 is 5.32 Å². The van der Waals surface area contributed by atoms with Gasteiger partial charge < -0.3 is 5.32 Å². The van der Waals surface area contributed by atoms with Crippen LogP contribution in [0.15, 0.2) is 35.9 Å². The lowest BCUT2D eigenvalue weighted by Crippen LogP contribution is -2.17. The SMILES string of the molecule is CC1=CC[C@H](C(C)CCNc2ccc(C)cc2)CC1. The lowest BCUT2D eigenvalue weighted by atomic mass is 9.80. The minimum Gasteiger partial charge on any atom is -0.385 e. The van der Waals surface area contributed by atoms with Crippen molar-refractivity contribution in [2.45, 2.75) is 46.5 Å². The van der Waals surface area contributed by atoms with Crippen LogP contribution in [0, 0.1) is 18.8 Å². The molecule has 1 aromatic rings. The summed E-state index contributed by atoms with van der Waals surface area (Å²) in [5.41, 5.74) is 4.15. The molecule has 0 aromatic heterocycles. The Labute approximate surface area is 118 Å². The average molecular weight is 257 g/mol. The molecule has 104 valence electrons. The first-order valence-electron chi connectivity index (χ1n) is 7.61. The van der Waals surface area contributed by atoms with Crippen LogP contribution in [0.5, 0.6) is 0 Å². The number of allylic oxidation sites excluding steroid dienone is 2. The summed E-state index contributed by atoms with van der Waals surface area (Å²) < 4.78 is 0. The van der Waals surface area contributed by atoms with Crippen molar-refractivity contribution in [1.29, 1.82) is 0 Å². The molecule has 2 atom stereocenters. The predicted octanol–water partition coefficient (Wildman–Crippen LogP) is 5.18. The van der Waals surface area contributed by atoms with Gasteiger partial charge in [0.05, 0.1) is 0 Å².